The molecule has 0 radical (unpaired) electrons. The minimum atomic E-state index is -1.08. The third-order valence-electron chi connectivity index (χ3n) is 5.01. The SMILES string of the molecule is O=C(O)Nc1cc2c(cc1Br)CNC(Cc1ccccc1)CN2Cc1cnc[nH]1. The van der Waals surface area contributed by atoms with Crippen LogP contribution >= 0.6 is 15.9 Å². The van der Waals surface area contributed by atoms with E-state index in [1.165, 1.54) is 5.56 Å². The van der Waals surface area contributed by atoms with Crippen LogP contribution in [0.3, 0.4) is 0 Å². The standard InChI is InChI=1S/C21H22BrN5O2/c22-18-7-15-9-24-16(6-14-4-2-1-3-5-14)11-27(12-17-10-23-13-25-17)20(15)8-19(18)26-21(28)29/h1-5,7-8,10,13,16,24,26H,6,9,11-12H2,(H,23,25)(H,28,29). The Kier molecular flexibility index (Phi) is 5.82. The molecule has 0 saturated carbocycles. The second-order valence-corrected chi connectivity index (χ2v) is 7.97. The minimum Gasteiger partial charge on any atom is -0.465 e. The lowest BCUT2D eigenvalue weighted by molar-refractivity contribution is 0.209. The number of rotatable bonds is 5. The van der Waals surface area contributed by atoms with Crippen molar-refractivity contribution in [3.63, 3.8) is 0 Å². The molecule has 8 heteroatoms. The van der Waals surface area contributed by atoms with Gasteiger partial charge in [0, 0.05) is 35.5 Å². The van der Waals surface area contributed by atoms with E-state index in [1.807, 2.05) is 24.4 Å². The highest BCUT2D eigenvalue weighted by atomic mass is 79.9. The van der Waals surface area contributed by atoms with Gasteiger partial charge < -0.3 is 20.3 Å². The van der Waals surface area contributed by atoms with Crippen molar-refractivity contribution in [3.05, 3.63) is 76.3 Å². The van der Waals surface area contributed by atoms with E-state index in [2.05, 4.69) is 65.7 Å². The Morgan fingerprint density at radius 3 is 2.86 bits per heavy atom. The van der Waals surface area contributed by atoms with E-state index in [0.717, 1.165) is 34.4 Å². The number of amides is 1. The number of H-pyrrole nitrogens is 1. The highest BCUT2D eigenvalue weighted by Crippen LogP contribution is 2.34. The molecule has 2 heterocycles. The van der Waals surface area contributed by atoms with Gasteiger partial charge in [-0.1, -0.05) is 30.3 Å². The maximum absolute atomic E-state index is 11.2. The maximum atomic E-state index is 11.2. The Morgan fingerprint density at radius 1 is 1.31 bits per heavy atom. The fourth-order valence-electron chi connectivity index (χ4n) is 3.70. The molecule has 1 unspecified atom stereocenters. The molecule has 1 aliphatic rings. The summed E-state index contributed by atoms with van der Waals surface area (Å²) in [5.41, 5.74) is 4.95. The van der Waals surface area contributed by atoms with Gasteiger partial charge in [0.2, 0.25) is 0 Å². The molecule has 1 amide bonds. The Labute approximate surface area is 177 Å². The summed E-state index contributed by atoms with van der Waals surface area (Å²) in [5.74, 6) is 0. The van der Waals surface area contributed by atoms with Gasteiger partial charge in [0.05, 0.1) is 24.3 Å². The second kappa shape index (κ2) is 8.67. The predicted octanol–water partition coefficient (Wildman–Crippen LogP) is 3.98. The van der Waals surface area contributed by atoms with Crippen LogP contribution in [-0.4, -0.2) is 33.8 Å². The molecular formula is C21H22BrN5O2. The fraction of sp³-hybridized carbons (Fsp3) is 0.238. The zero-order valence-corrected chi connectivity index (χ0v) is 17.3. The van der Waals surface area contributed by atoms with E-state index in [1.54, 1.807) is 6.33 Å². The van der Waals surface area contributed by atoms with Gasteiger partial charge in [0.15, 0.2) is 0 Å². The van der Waals surface area contributed by atoms with Gasteiger partial charge in [-0.25, -0.2) is 9.78 Å². The Morgan fingerprint density at radius 2 is 2.14 bits per heavy atom. The van der Waals surface area contributed by atoms with Gasteiger partial charge in [0.25, 0.3) is 0 Å². The molecule has 1 aliphatic heterocycles. The number of nitrogens with zero attached hydrogens (tertiary/aromatic N) is 2. The summed E-state index contributed by atoms with van der Waals surface area (Å²) >= 11 is 3.49. The second-order valence-electron chi connectivity index (χ2n) is 7.12. The van der Waals surface area contributed by atoms with Gasteiger partial charge in [-0.15, -0.1) is 0 Å². The highest BCUT2D eigenvalue weighted by Gasteiger charge is 2.24. The van der Waals surface area contributed by atoms with Crippen LogP contribution in [-0.2, 0) is 19.5 Å². The number of fused-ring (bicyclic) bond motifs is 1. The molecule has 4 N–H and O–H groups in total. The molecule has 1 aromatic heterocycles. The average Bonchev–Trinajstić information content (AvgIpc) is 3.15. The van der Waals surface area contributed by atoms with Gasteiger partial charge in [-0.3, -0.25) is 5.32 Å². The molecule has 3 aromatic rings. The van der Waals surface area contributed by atoms with Crippen molar-refractivity contribution >= 4 is 33.4 Å². The van der Waals surface area contributed by atoms with Crippen LogP contribution in [0.2, 0.25) is 0 Å². The van der Waals surface area contributed by atoms with Gasteiger partial charge >= 0.3 is 6.09 Å². The number of benzene rings is 2. The molecule has 29 heavy (non-hydrogen) atoms. The van der Waals surface area contributed by atoms with E-state index in [9.17, 15) is 4.79 Å². The van der Waals surface area contributed by atoms with Crippen molar-refractivity contribution in [2.75, 3.05) is 16.8 Å². The molecule has 0 bridgehead atoms. The number of carbonyl (C=O) groups is 1. The monoisotopic (exact) mass is 455 g/mol. The van der Waals surface area contributed by atoms with Crippen molar-refractivity contribution in [1.82, 2.24) is 15.3 Å². The van der Waals surface area contributed by atoms with E-state index < -0.39 is 6.09 Å². The molecule has 2 aromatic carbocycles. The summed E-state index contributed by atoms with van der Waals surface area (Å²) < 4.78 is 0.725. The summed E-state index contributed by atoms with van der Waals surface area (Å²) in [4.78, 5) is 20.7. The Balaban J connectivity index is 1.66. The zero-order chi connectivity index (χ0) is 20.2. The van der Waals surface area contributed by atoms with Crippen LogP contribution in [0, 0.1) is 0 Å². The number of nitrogens with one attached hydrogen (secondary N) is 3. The first-order valence-electron chi connectivity index (χ1n) is 9.40. The van der Waals surface area contributed by atoms with Crippen molar-refractivity contribution in [2.45, 2.75) is 25.6 Å². The van der Waals surface area contributed by atoms with Crippen molar-refractivity contribution in [3.8, 4) is 0 Å². The number of anilines is 2. The molecule has 0 fully saturated rings. The third-order valence-corrected chi connectivity index (χ3v) is 5.67. The third kappa shape index (κ3) is 4.78. The van der Waals surface area contributed by atoms with Crippen molar-refractivity contribution in [1.29, 1.82) is 0 Å². The first-order valence-corrected chi connectivity index (χ1v) is 10.2. The van der Waals surface area contributed by atoms with Crippen LogP contribution < -0.4 is 15.5 Å². The number of halogens is 1. The normalized spacial score (nSPS) is 16.2. The molecule has 7 nitrogen and oxygen atoms in total. The highest BCUT2D eigenvalue weighted by molar-refractivity contribution is 9.10. The van der Waals surface area contributed by atoms with Crippen LogP contribution in [0.4, 0.5) is 16.2 Å². The number of hydrogen-bond acceptors (Lipinski definition) is 4. The van der Waals surface area contributed by atoms with Crippen LogP contribution in [0.15, 0.2) is 59.5 Å². The fourth-order valence-corrected chi connectivity index (χ4v) is 4.18. The van der Waals surface area contributed by atoms with Crippen LogP contribution in [0.25, 0.3) is 0 Å². The van der Waals surface area contributed by atoms with Crippen molar-refractivity contribution in [2.24, 2.45) is 0 Å². The molecule has 150 valence electrons. The lowest BCUT2D eigenvalue weighted by Gasteiger charge is -2.28. The number of carboxylic acid groups (broad SMARTS) is 1. The molecule has 1 atom stereocenters. The van der Waals surface area contributed by atoms with Gasteiger partial charge in [0.1, 0.15) is 0 Å². The summed E-state index contributed by atoms with van der Waals surface area (Å²) in [6.45, 7) is 2.15. The summed E-state index contributed by atoms with van der Waals surface area (Å²) in [5, 5.41) is 15.3. The van der Waals surface area contributed by atoms with E-state index in [-0.39, 0.29) is 6.04 Å². The summed E-state index contributed by atoms with van der Waals surface area (Å²) in [6, 6.07) is 14.6. The Hall–Kier alpha value is -2.84. The molecule has 0 aliphatic carbocycles. The summed E-state index contributed by atoms with van der Waals surface area (Å²) in [6.07, 6.45) is 3.32. The first-order chi connectivity index (χ1) is 14.1. The number of imidazole rings is 1. The largest absolute Gasteiger partial charge is 0.465 e. The summed E-state index contributed by atoms with van der Waals surface area (Å²) in [7, 11) is 0. The quantitative estimate of drug-likeness (QED) is 0.466. The topological polar surface area (TPSA) is 93.3 Å². The van der Waals surface area contributed by atoms with Crippen molar-refractivity contribution < 1.29 is 9.90 Å². The Bertz CT molecular complexity index is 978. The minimum absolute atomic E-state index is 0.252. The number of aromatic amines is 1. The van der Waals surface area contributed by atoms with Crippen LogP contribution in [0.1, 0.15) is 16.8 Å². The van der Waals surface area contributed by atoms with Gasteiger partial charge in [-0.05, 0) is 45.6 Å². The number of hydrogen-bond donors (Lipinski definition) is 4. The lowest BCUT2D eigenvalue weighted by atomic mass is 10.1. The molecular weight excluding hydrogens is 434 g/mol. The molecule has 0 saturated heterocycles. The molecule has 0 spiro atoms. The number of aromatic nitrogens is 2. The molecule has 4 rings (SSSR count). The van der Waals surface area contributed by atoms with Crippen LogP contribution in [0.5, 0.6) is 0 Å². The zero-order valence-electron chi connectivity index (χ0n) is 15.7. The lowest BCUT2D eigenvalue weighted by Crippen LogP contribution is -2.39. The predicted molar refractivity (Wildman–Crippen MR) is 116 cm³/mol. The smallest absolute Gasteiger partial charge is 0.409 e. The van der Waals surface area contributed by atoms with E-state index in [4.69, 9.17) is 5.11 Å². The first kappa shape index (κ1) is 19.5. The average molecular weight is 456 g/mol. The van der Waals surface area contributed by atoms with E-state index in [0.29, 0.717) is 18.8 Å². The van der Waals surface area contributed by atoms with Gasteiger partial charge in [-0.2, -0.15) is 0 Å². The van der Waals surface area contributed by atoms with E-state index >= 15 is 0 Å². The maximum Gasteiger partial charge on any atom is 0.409 e.